The van der Waals surface area contributed by atoms with Crippen molar-refractivity contribution in [2.24, 2.45) is 11.0 Å². The van der Waals surface area contributed by atoms with E-state index in [0.29, 0.717) is 11.3 Å². The van der Waals surface area contributed by atoms with E-state index in [0.717, 1.165) is 36.8 Å². The van der Waals surface area contributed by atoms with Gasteiger partial charge in [0.2, 0.25) is 5.91 Å². The first-order valence-corrected chi connectivity index (χ1v) is 9.84. The van der Waals surface area contributed by atoms with Gasteiger partial charge in [-0.1, -0.05) is 43.0 Å². The van der Waals surface area contributed by atoms with Crippen molar-refractivity contribution in [1.29, 1.82) is 0 Å². The number of carbonyl (C=O) groups is 2. The molecule has 0 atom stereocenters. The van der Waals surface area contributed by atoms with E-state index in [-0.39, 0.29) is 17.7 Å². The Morgan fingerprint density at radius 2 is 1.71 bits per heavy atom. The number of hydrogen-bond donors (Lipinski definition) is 2. The highest BCUT2D eigenvalue weighted by Crippen LogP contribution is 2.25. The summed E-state index contributed by atoms with van der Waals surface area (Å²) >= 11 is 0. The van der Waals surface area contributed by atoms with Crippen LogP contribution in [-0.4, -0.2) is 18.0 Å². The first-order chi connectivity index (χ1) is 13.5. The average Bonchev–Trinajstić information content (AvgIpc) is 2.70. The number of hydrogen-bond acceptors (Lipinski definition) is 3. The SMILES string of the molecule is Cc1ccc(C=NNC(=O)c2ccc(NC(=O)C3CCCCC3)cc2)c(C)c1. The van der Waals surface area contributed by atoms with Crippen LogP contribution in [-0.2, 0) is 4.79 Å². The second-order valence-corrected chi connectivity index (χ2v) is 7.46. The molecule has 1 fully saturated rings. The molecule has 3 rings (SSSR count). The molecule has 0 unspecified atom stereocenters. The molecule has 2 aromatic carbocycles. The van der Waals surface area contributed by atoms with Crippen molar-refractivity contribution in [3.63, 3.8) is 0 Å². The van der Waals surface area contributed by atoms with Crippen molar-refractivity contribution in [1.82, 2.24) is 5.43 Å². The van der Waals surface area contributed by atoms with Gasteiger partial charge < -0.3 is 5.32 Å². The molecular formula is C23H27N3O2. The van der Waals surface area contributed by atoms with E-state index in [1.807, 2.05) is 26.0 Å². The lowest BCUT2D eigenvalue weighted by Gasteiger charge is -2.20. The fraction of sp³-hybridized carbons (Fsp3) is 0.348. The van der Waals surface area contributed by atoms with Crippen LogP contribution in [0.3, 0.4) is 0 Å². The Morgan fingerprint density at radius 3 is 2.39 bits per heavy atom. The maximum absolute atomic E-state index is 12.3. The lowest BCUT2D eigenvalue weighted by molar-refractivity contribution is -0.120. The molecule has 0 aliphatic heterocycles. The molecule has 0 spiro atoms. The third kappa shape index (κ3) is 5.28. The normalized spacial score (nSPS) is 14.8. The largest absolute Gasteiger partial charge is 0.326 e. The van der Waals surface area contributed by atoms with E-state index in [1.54, 1.807) is 30.5 Å². The van der Waals surface area contributed by atoms with Gasteiger partial charge in [0, 0.05) is 17.2 Å². The number of rotatable bonds is 5. The molecule has 0 radical (unpaired) electrons. The molecule has 2 amide bonds. The minimum Gasteiger partial charge on any atom is -0.326 e. The van der Waals surface area contributed by atoms with Crippen LogP contribution >= 0.6 is 0 Å². The van der Waals surface area contributed by atoms with Gasteiger partial charge in [0.05, 0.1) is 6.21 Å². The smallest absolute Gasteiger partial charge is 0.271 e. The maximum atomic E-state index is 12.3. The molecule has 5 heteroatoms. The number of carbonyl (C=O) groups excluding carboxylic acids is 2. The second-order valence-electron chi connectivity index (χ2n) is 7.46. The predicted molar refractivity (Wildman–Crippen MR) is 113 cm³/mol. The van der Waals surface area contributed by atoms with E-state index >= 15 is 0 Å². The Hall–Kier alpha value is -2.95. The summed E-state index contributed by atoms with van der Waals surface area (Å²) < 4.78 is 0. The molecule has 146 valence electrons. The van der Waals surface area contributed by atoms with Crippen LogP contribution in [0, 0.1) is 19.8 Å². The van der Waals surface area contributed by atoms with Crippen LogP contribution in [0.5, 0.6) is 0 Å². The number of amides is 2. The first kappa shape index (κ1) is 19.8. The van der Waals surface area contributed by atoms with Gasteiger partial charge in [0.25, 0.3) is 5.91 Å². The van der Waals surface area contributed by atoms with Crippen molar-refractivity contribution in [2.75, 3.05) is 5.32 Å². The van der Waals surface area contributed by atoms with E-state index in [1.165, 1.54) is 12.0 Å². The zero-order valence-electron chi connectivity index (χ0n) is 16.5. The standard InChI is InChI=1S/C23H27N3O2/c1-16-8-9-20(17(2)14-16)15-24-26-23(28)19-10-12-21(13-11-19)25-22(27)18-6-4-3-5-7-18/h8-15,18H,3-7H2,1-2H3,(H,25,27)(H,26,28). The van der Waals surface area contributed by atoms with Crippen LogP contribution < -0.4 is 10.7 Å². The third-order valence-electron chi connectivity index (χ3n) is 5.19. The van der Waals surface area contributed by atoms with Gasteiger partial charge in [-0.2, -0.15) is 5.10 Å². The van der Waals surface area contributed by atoms with Crippen molar-refractivity contribution in [2.45, 2.75) is 46.0 Å². The zero-order valence-corrected chi connectivity index (χ0v) is 16.5. The van der Waals surface area contributed by atoms with Gasteiger partial charge in [0.15, 0.2) is 0 Å². The summed E-state index contributed by atoms with van der Waals surface area (Å²) in [5, 5.41) is 7.00. The Labute approximate surface area is 166 Å². The predicted octanol–water partition coefficient (Wildman–Crippen LogP) is 4.59. The molecule has 0 aromatic heterocycles. The van der Waals surface area contributed by atoms with Gasteiger partial charge >= 0.3 is 0 Å². The van der Waals surface area contributed by atoms with Gasteiger partial charge in [-0.25, -0.2) is 5.43 Å². The van der Waals surface area contributed by atoms with Crippen molar-refractivity contribution in [3.05, 3.63) is 64.7 Å². The summed E-state index contributed by atoms with van der Waals surface area (Å²) in [5.74, 6) is -0.0996. The van der Waals surface area contributed by atoms with E-state index in [9.17, 15) is 9.59 Å². The summed E-state index contributed by atoms with van der Waals surface area (Å²) in [6.07, 6.45) is 7.04. The highest BCUT2D eigenvalue weighted by molar-refractivity contribution is 5.96. The van der Waals surface area contributed by atoms with Gasteiger partial charge in [-0.3, -0.25) is 9.59 Å². The quantitative estimate of drug-likeness (QED) is 0.591. The molecule has 5 nitrogen and oxygen atoms in total. The Kier molecular flexibility index (Phi) is 6.58. The van der Waals surface area contributed by atoms with E-state index < -0.39 is 0 Å². The van der Waals surface area contributed by atoms with Crippen molar-refractivity contribution in [3.8, 4) is 0 Å². The van der Waals surface area contributed by atoms with Gasteiger partial charge in [-0.05, 0) is 62.1 Å². The van der Waals surface area contributed by atoms with Gasteiger partial charge in [0.1, 0.15) is 0 Å². The summed E-state index contributed by atoms with van der Waals surface area (Å²) in [6.45, 7) is 4.05. The Morgan fingerprint density at radius 1 is 1.00 bits per heavy atom. The second kappa shape index (κ2) is 9.31. The molecule has 0 saturated heterocycles. The molecule has 2 aromatic rings. The highest BCUT2D eigenvalue weighted by Gasteiger charge is 2.21. The number of anilines is 1. The summed E-state index contributed by atoms with van der Waals surface area (Å²) in [4.78, 5) is 24.5. The van der Waals surface area contributed by atoms with Crippen LogP contribution in [0.15, 0.2) is 47.6 Å². The molecule has 1 aliphatic carbocycles. The van der Waals surface area contributed by atoms with Crippen molar-refractivity contribution >= 4 is 23.7 Å². The fourth-order valence-corrected chi connectivity index (χ4v) is 3.51. The molecule has 0 bridgehead atoms. The average molecular weight is 377 g/mol. The third-order valence-corrected chi connectivity index (χ3v) is 5.19. The topological polar surface area (TPSA) is 70.6 Å². The minimum absolute atomic E-state index is 0.0787. The van der Waals surface area contributed by atoms with E-state index in [4.69, 9.17) is 0 Å². The highest BCUT2D eigenvalue weighted by atomic mass is 16.2. The molecule has 1 saturated carbocycles. The van der Waals surface area contributed by atoms with Crippen LogP contribution in [0.4, 0.5) is 5.69 Å². The van der Waals surface area contributed by atoms with Crippen LogP contribution in [0.2, 0.25) is 0 Å². The summed E-state index contributed by atoms with van der Waals surface area (Å²) in [7, 11) is 0. The minimum atomic E-state index is -0.286. The molecular weight excluding hydrogens is 350 g/mol. The first-order valence-electron chi connectivity index (χ1n) is 9.84. The maximum Gasteiger partial charge on any atom is 0.271 e. The van der Waals surface area contributed by atoms with E-state index in [2.05, 4.69) is 21.9 Å². The number of benzene rings is 2. The fourth-order valence-electron chi connectivity index (χ4n) is 3.51. The molecule has 28 heavy (non-hydrogen) atoms. The Balaban J connectivity index is 1.54. The Bertz CT molecular complexity index is 866. The monoisotopic (exact) mass is 377 g/mol. The molecule has 0 heterocycles. The number of aryl methyl sites for hydroxylation is 2. The molecule has 1 aliphatic rings. The summed E-state index contributed by atoms with van der Waals surface area (Å²) in [5.41, 5.74) is 7.01. The van der Waals surface area contributed by atoms with Crippen LogP contribution in [0.25, 0.3) is 0 Å². The zero-order chi connectivity index (χ0) is 19.9. The van der Waals surface area contributed by atoms with Crippen molar-refractivity contribution < 1.29 is 9.59 Å². The lowest BCUT2D eigenvalue weighted by atomic mass is 9.88. The number of nitrogens with one attached hydrogen (secondary N) is 2. The summed E-state index contributed by atoms with van der Waals surface area (Å²) in [6, 6.07) is 13.0. The molecule has 2 N–H and O–H groups in total. The van der Waals surface area contributed by atoms with Gasteiger partial charge in [-0.15, -0.1) is 0 Å². The van der Waals surface area contributed by atoms with Crippen LogP contribution in [0.1, 0.15) is 59.2 Å². The number of nitrogens with zero attached hydrogens (tertiary/aromatic N) is 1. The number of hydrazone groups is 1. The lowest BCUT2D eigenvalue weighted by Crippen LogP contribution is -2.24.